The van der Waals surface area contributed by atoms with Gasteiger partial charge >= 0.3 is 29.6 Å². The Hall–Kier alpha value is 0.700. The van der Waals surface area contributed by atoms with E-state index in [0.29, 0.717) is 6.42 Å². The minimum Gasteiger partial charge on any atom is -1.00 e. The molecule has 0 aliphatic rings. The predicted molar refractivity (Wildman–Crippen MR) is 91.4 cm³/mol. The predicted octanol–water partition coefficient (Wildman–Crippen LogP) is 3.91. The molecule has 3 heteroatoms. The first-order valence-electron chi connectivity index (χ1n) is 8.60. The molecule has 0 aliphatic carbocycles. The molecule has 0 radical (unpaired) electrons. The van der Waals surface area contributed by atoms with Gasteiger partial charge in [-0.25, -0.2) is 0 Å². The number of allylic oxidation sites excluding steroid dienone is 2. The molecule has 0 aliphatic heterocycles. The number of hydrogen-bond donors (Lipinski definition) is 0. The van der Waals surface area contributed by atoms with Crippen molar-refractivity contribution >= 4 is 16.8 Å². The molecule has 1 nitrogen and oxygen atoms in total. The average molecular weight is 325 g/mol. The first kappa shape index (κ1) is 24.0. The van der Waals surface area contributed by atoms with E-state index in [1.807, 2.05) is 0 Å². The van der Waals surface area contributed by atoms with E-state index in [2.05, 4.69) is 19.1 Å². The van der Waals surface area contributed by atoms with Gasteiger partial charge in [-0.3, -0.25) is 4.79 Å². The van der Waals surface area contributed by atoms with Gasteiger partial charge in [0, 0.05) is 6.42 Å². The smallest absolute Gasteiger partial charge is 1.00 e. The van der Waals surface area contributed by atoms with Gasteiger partial charge in [-0.05, 0) is 43.7 Å². The Labute approximate surface area is 161 Å². The second-order valence-corrected chi connectivity index (χ2v) is 6.11. The van der Waals surface area contributed by atoms with E-state index in [9.17, 15) is 4.79 Å². The molecular weight excluding hydrogens is 291 g/mol. The van der Waals surface area contributed by atoms with E-state index >= 15 is 0 Å². The summed E-state index contributed by atoms with van der Waals surface area (Å²) in [7, 11) is 0. The Morgan fingerprint density at radius 2 is 1.24 bits per heavy atom. The van der Waals surface area contributed by atoms with Gasteiger partial charge in [-0.15, -0.1) is 0 Å². The van der Waals surface area contributed by atoms with E-state index in [1.54, 1.807) is 0 Å². The number of halogens is 1. The van der Waals surface area contributed by atoms with Crippen LogP contribution in [0, 0.1) is 0 Å². The Kier molecular flexibility index (Phi) is 23.6. The Morgan fingerprint density at radius 3 is 1.71 bits per heavy atom. The molecule has 0 rings (SSSR count). The van der Waals surface area contributed by atoms with Gasteiger partial charge in [0.05, 0.1) is 0 Å². The van der Waals surface area contributed by atoms with Crippen molar-refractivity contribution in [3.8, 4) is 0 Å². The molecule has 0 aromatic heterocycles. The van der Waals surface area contributed by atoms with Crippen molar-refractivity contribution in [1.82, 2.24) is 0 Å². The van der Waals surface area contributed by atoms with Crippen molar-refractivity contribution < 1.29 is 35.8 Å². The summed E-state index contributed by atoms with van der Waals surface area (Å²) >= 11 is 5.29. The van der Waals surface area contributed by atoms with Gasteiger partial charge in [-0.2, -0.15) is 0 Å². The molecule has 0 spiro atoms. The summed E-state index contributed by atoms with van der Waals surface area (Å²) in [5.74, 6) is 0. The first-order valence-corrected chi connectivity index (χ1v) is 8.98. The second-order valence-electron chi connectivity index (χ2n) is 5.69. The van der Waals surface area contributed by atoms with Gasteiger partial charge in [0.2, 0.25) is 5.24 Å². The quantitative estimate of drug-likeness (QED) is 0.193. The third-order valence-electron chi connectivity index (χ3n) is 3.64. The molecule has 0 saturated carbocycles. The fourth-order valence-corrected chi connectivity index (χ4v) is 2.47. The summed E-state index contributed by atoms with van der Waals surface area (Å²) < 4.78 is 0. The van der Waals surface area contributed by atoms with E-state index in [4.69, 9.17) is 11.6 Å². The van der Waals surface area contributed by atoms with Crippen molar-refractivity contribution in [1.29, 1.82) is 0 Å². The van der Waals surface area contributed by atoms with Gasteiger partial charge < -0.3 is 1.43 Å². The maximum atomic E-state index is 10.5. The van der Waals surface area contributed by atoms with E-state index < -0.39 is 0 Å². The van der Waals surface area contributed by atoms with E-state index in [1.165, 1.54) is 70.6 Å². The fourth-order valence-electron chi connectivity index (χ4n) is 2.33. The van der Waals surface area contributed by atoms with Crippen LogP contribution in [0.5, 0.6) is 0 Å². The molecule has 0 N–H and O–H groups in total. The largest absolute Gasteiger partial charge is 1.00 e. The maximum Gasteiger partial charge on any atom is 1.00 e. The van der Waals surface area contributed by atoms with Crippen LogP contribution in [0.2, 0.25) is 0 Å². The van der Waals surface area contributed by atoms with Crippen molar-refractivity contribution in [2.24, 2.45) is 0 Å². The zero-order chi connectivity index (χ0) is 14.9. The summed E-state index contributed by atoms with van der Waals surface area (Å²) in [6.45, 7) is 2.26. The molecule has 0 atom stereocenters. The second kappa shape index (κ2) is 20.7. The summed E-state index contributed by atoms with van der Waals surface area (Å²) in [6.07, 6.45) is 21.9. The summed E-state index contributed by atoms with van der Waals surface area (Å²) in [5.41, 5.74) is 0. The number of carbonyl (C=O) groups excluding carboxylic acids is 1. The zero-order valence-corrected chi connectivity index (χ0v) is 17.1. The maximum absolute atomic E-state index is 10.5. The number of rotatable bonds is 15. The van der Waals surface area contributed by atoms with Gasteiger partial charge in [-0.1, -0.05) is 70.4 Å². The Bertz CT molecular complexity index is 247. The molecule has 0 amide bonds. The first-order chi connectivity index (χ1) is 9.77. The van der Waals surface area contributed by atoms with Gasteiger partial charge in [0.15, 0.2) is 0 Å². The van der Waals surface area contributed by atoms with Crippen LogP contribution in [0.3, 0.4) is 0 Å². The van der Waals surface area contributed by atoms with Crippen LogP contribution >= 0.6 is 11.6 Å². The normalized spacial score (nSPS) is 10.8. The molecule has 120 valence electrons. The molecule has 21 heavy (non-hydrogen) atoms. The van der Waals surface area contributed by atoms with Crippen molar-refractivity contribution in [3.05, 3.63) is 12.2 Å². The molecule has 0 aromatic rings. The third-order valence-corrected chi connectivity index (χ3v) is 3.82. The van der Waals surface area contributed by atoms with Crippen molar-refractivity contribution in [2.45, 2.75) is 96.8 Å². The van der Waals surface area contributed by atoms with Crippen LogP contribution < -0.4 is 29.6 Å². The number of unbranched alkanes of at least 4 members (excludes halogenated alkanes) is 11. The molecule has 0 unspecified atom stereocenters. The van der Waals surface area contributed by atoms with Crippen LogP contribution in [-0.2, 0) is 4.79 Å². The third kappa shape index (κ3) is 23.1. The zero-order valence-electron chi connectivity index (χ0n) is 15.3. The topological polar surface area (TPSA) is 17.1 Å². The minimum absolute atomic E-state index is 0. The minimum atomic E-state index is -0.192. The fraction of sp³-hybridized carbons (Fsp3) is 0.833. The average Bonchev–Trinajstić information content (AvgIpc) is 2.43. The summed E-state index contributed by atoms with van der Waals surface area (Å²) in [6, 6.07) is 0. The van der Waals surface area contributed by atoms with Crippen LogP contribution in [0.4, 0.5) is 0 Å². The van der Waals surface area contributed by atoms with Crippen LogP contribution in [0.25, 0.3) is 0 Å². The summed E-state index contributed by atoms with van der Waals surface area (Å²) in [5, 5.41) is -0.192. The standard InChI is InChI=1S/C18H33ClO.Na.H/c1-2-3-4-5-6-7-8-9-10-11-12-13-14-15-16-17-18(19)20;;/h9-10H,2-8,11-17H2,1H3;;/q;+1;-1/b10-9-;;. The van der Waals surface area contributed by atoms with Crippen LogP contribution in [0.1, 0.15) is 98.2 Å². The number of carbonyl (C=O) groups is 1. The van der Waals surface area contributed by atoms with Crippen LogP contribution in [-0.4, -0.2) is 5.24 Å². The van der Waals surface area contributed by atoms with E-state index in [0.717, 1.165) is 12.8 Å². The van der Waals surface area contributed by atoms with Crippen molar-refractivity contribution in [3.63, 3.8) is 0 Å². The summed E-state index contributed by atoms with van der Waals surface area (Å²) in [4.78, 5) is 10.5. The van der Waals surface area contributed by atoms with Gasteiger partial charge in [0.25, 0.3) is 0 Å². The Balaban J connectivity index is -0.00000180. The Morgan fingerprint density at radius 1 is 0.810 bits per heavy atom. The molecule has 0 fully saturated rings. The SMILES string of the molecule is CCCCCCCC/C=C\CCCCCCCC(=O)Cl.[H-].[Na+]. The van der Waals surface area contributed by atoms with Crippen molar-refractivity contribution in [2.75, 3.05) is 0 Å². The van der Waals surface area contributed by atoms with Gasteiger partial charge in [0.1, 0.15) is 0 Å². The number of hydrogen-bond acceptors (Lipinski definition) is 1. The molecule has 0 aromatic carbocycles. The molecule has 0 bridgehead atoms. The molecule has 0 heterocycles. The van der Waals surface area contributed by atoms with E-state index in [-0.39, 0.29) is 36.2 Å². The molecular formula is C18H34ClNaO. The van der Waals surface area contributed by atoms with Crippen LogP contribution in [0.15, 0.2) is 12.2 Å². The molecule has 0 saturated heterocycles. The monoisotopic (exact) mass is 324 g/mol.